The van der Waals surface area contributed by atoms with Gasteiger partial charge in [0.15, 0.2) is 0 Å². The van der Waals surface area contributed by atoms with E-state index in [4.69, 9.17) is 14.2 Å². The van der Waals surface area contributed by atoms with E-state index in [9.17, 15) is 14.4 Å². The molecule has 7 nitrogen and oxygen atoms in total. The lowest BCUT2D eigenvalue weighted by Crippen LogP contribution is -2.45. The van der Waals surface area contributed by atoms with Gasteiger partial charge in [0.2, 0.25) is 0 Å². The molecule has 0 saturated heterocycles. The molecule has 0 fully saturated rings. The molecule has 0 heterocycles. The summed E-state index contributed by atoms with van der Waals surface area (Å²) in [5, 5.41) is 0. The predicted molar refractivity (Wildman–Crippen MR) is 108 cm³/mol. The number of carbonyl (C=O) groups excluding carboxylic acids is 3. The number of aryl methyl sites for hydroxylation is 1. The number of imide groups is 1. The number of amides is 2. The van der Waals surface area contributed by atoms with Crippen LogP contribution in [0, 0.1) is 0 Å². The summed E-state index contributed by atoms with van der Waals surface area (Å²) in [6.45, 7) is 12.4. The lowest BCUT2D eigenvalue weighted by atomic mass is 10.0. The highest BCUT2D eigenvalue weighted by Crippen LogP contribution is 2.38. The molecule has 0 spiro atoms. The van der Waals surface area contributed by atoms with Gasteiger partial charge >= 0.3 is 18.2 Å². The summed E-state index contributed by atoms with van der Waals surface area (Å²) in [4.78, 5) is 39.0. The molecule has 1 aromatic rings. The van der Waals surface area contributed by atoms with Gasteiger partial charge in [0.1, 0.15) is 11.2 Å². The van der Waals surface area contributed by atoms with Gasteiger partial charge in [-0.15, -0.1) is 0 Å². The number of fused-ring (bicyclic) bond motifs is 1. The van der Waals surface area contributed by atoms with Crippen molar-refractivity contribution in [3.05, 3.63) is 34.9 Å². The zero-order valence-corrected chi connectivity index (χ0v) is 18.3. The number of carbonyl (C=O) groups is 3. The molecule has 1 unspecified atom stereocenters. The SMILES string of the molecule is CCOC(=O)c1ccc2c(c1)C(N(C(=O)OC(C)(C)C)C(=O)OC(C)(C)C)CC2. The van der Waals surface area contributed by atoms with Crippen molar-refractivity contribution in [2.24, 2.45) is 0 Å². The van der Waals surface area contributed by atoms with Crippen molar-refractivity contribution >= 4 is 18.2 Å². The van der Waals surface area contributed by atoms with E-state index < -0.39 is 35.4 Å². The fraction of sp³-hybridized carbons (Fsp3) is 0.591. The van der Waals surface area contributed by atoms with Crippen LogP contribution in [0.4, 0.5) is 9.59 Å². The van der Waals surface area contributed by atoms with E-state index in [1.807, 2.05) is 6.07 Å². The minimum absolute atomic E-state index is 0.265. The molecule has 0 saturated carbocycles. The monoisotopic (exact) mass is 405 g/mol. The van der Waals surface area contributed by atoms with Gasteiger partial charge in [0.25, 0.3) is 0 Å². The molecule has 0 radical (unpaired) electrons. The standard InChI is InChI=1S/C22H31NO6/c1-8-27-18(24)15-10-9-14-11-12-17(16(14)13-15)23(19(25)28-21(2,3)4)20(26)29-22(5,6)7/h9-10,13,17H,8,11-12H2,1-7H3. The average molecular weight is 405 g/mol. The molecule has 0 aliphatic heterocycles. The number of hydrogen-bond acceptors (Lipinski definition) is 6. The Hall–Kier alpha value is -2.57. The fourth-order valence-electron chi connectivity index (χ4n) is 3.14. The van der Waals surface area contributed by atoms with Crippen LogP contribution in [0.1, 0.15) is 82.4 Å². The summed E-state index contributed by atoms with van der Waals surface area (Å²) < 4.78 is 16.0. The Balaban J connectivity index is 2.42. The molecule has 1 aliphatic carbocycles. The Kier molecular flexibility index (Phi) is 6.60. The molecule has 1 aliphatic rings. The number of esters is 1. The maximum absolute atomic E-state index is 12.9. The number of rotatable bonds is 3. The number of hydrogen-bond donors (Lipinski definition) is 0. The van der Waals surface area contributed by atoms with Gasteiger partial charge in [0.05, 0.1) is 18.2 Å². The van der Waals surface area contributed by atoms with E-state index >= 15 is 0 Å². The van der Waals surface area contributed by atoms with Crippen LogP contribution >= 0.6 is 0 Å². The van der Waals surface area contributed by atoms with Crippen molar-refractivity contribution in [1.29, 1.82) is 0 Å². The first-order chi connectivity index (χ1) is 13.3. The third kappa shape index (κ3) is 5.95. The number of ether oxygens (including phenoxy) is 3. The van der Waals surface area contributed by atoms with Crippen LogP contribution in [-0.2, 0) is 20.6 Å². The van der Waals surface area contributed by atoms with E-state index in [1.165, 1.54) is 0 Å². The van der Waals surface area contributed by atoms with Gasteiger partial charge in [-0.1, -0.05) is 6.07 Å². The minimum Gasteiger partial charge on any atom is -0.462 e. The molecular weight excluding hydrogens is 374 g/mol. The van der Waals surface area contributed by atoms with Crippen molar-refractivity contribution in [1.82, 2.24) is 4.90 Å². The van der Waals surface area contributed by atoms with Crippen LogP contribution in [-0.4, -0.2) is 40.9 Å². The molecule has 0 bridgehead atoms. The molecule has 1 atom stereocenters. The molecule has 29 heavy (non-hydrogen) atoms. The lowest BCUT2D eigenvalue weighted by molar-refractivity contribution is -0.00754. The molecule has 0 aromatic heterocycles. The smallest absolute Gasteiger partial charge is 0.420 e. The summed E-state index contributed by atoms with van der Waals surface area (Å²) in [5.74, 6) is -0.443. The van der Waals surface area contributed by atoms with Crippen LogP contribution in [0.15, 0.2) is 18.2 Å². The van der Waals surface area contributed by atoms with E-state index in [0.717, 1.165) is 16.0 Å². The van der Waals surface area contributed by atoms with E-state index in [1.54, 1.807) is 60.6 Å². The van der Waals surface area contributed by atoms with Gasteiger partial charge in [0, 0.05) is 0 Å². The topological polar surface area (TPSA) is 82.1 Å². The second kappa shape index (κ2) is 8.43. The highest BCUT2D eigenvalue weighted by atomic mass is 16.6. The van der Waals surface area contributed by atoms with Crippen molar-refractivity contribution in [3.63, 3.8) is 0 Å². The summed E-state index contributed by atoms with van der Waals surface area (Å²) in [6.07, 6.45) is -0.344. The van der Waals surface area contributed by atoms with Gasteiger partial charge in [-0.05, 0) is 84.6 Å². The highest BCUT2D eigenvalue weighted by Gasteiger charge is 2.40. The normalized spacial score (nSPS) is 16.0. The second-order valence-corrected chi connectivity index (χ2v) is 9.02. The lowest BCUT2D eigenvalue weighted by Gasteiger charge is -2.32. The molecule has 2 rings (SSSR count). The second-order valence-electron chi connectivity index (χ2n) is 9.02. The molecule has 0 N–H and O–H groups in total. The van der Waals surface area contributed by atoms with Crippen molar-refractivity contribution in [3.8, 4) is 0 Å². The largest absolute Gasteiger partial charge is 0.462 e. The van der Waals surface area contributed by atoms with E-state index in [-0.39, 0.29) is 6.61 Å². The van der Waals surface area contributed by atoms with Crippen LogP contribution in [0.5, 0.6) is 0 Å². The quantitative estimate of drug-likeness (QED) is 0.518. The summed E-state index contributed by atoms with van der Waals surface area (Å²) in [5.41, 5.74) is 0.537. The van der Waals surface area contributed by atoms with Crippen molar-refractivity contribution in [2.45, 2.75) is 78.6 Å². The van der Waals surface area contributed by atoms with Crippen LogP contribution in [0.3, 0.4) is 0 Å². The third-order valence-corrected chi connectivity index (χ3v) is 4.20. The van der Waals surface area contributed by atoms with Gasteiger partial charge in [-0.3, -0.25) is 0 Å². The molecular formula is C22H31NO6. The van der Waals surface area contributed by atoms with E-state index in [0.29, 0.717) is 18.4 Å². The molecule has 1 aromatic carbocycles. The van der Waals surface area contributed by atoms with Gasteiger partial charge in [-0.25, -0.2) is 19.3 Å². The van der Waals surface area contributed by atoms with Gasteiger partial charge in [-0.2, -0.15) is 0 Å². The maximum Gasteiger partial charge on any atom is 0.420 e. The van der Waals surface area contributed by atoms with Gasteiger partial charge < -0.3 is 14.2 Å². The summed E-state index contributed by atoms with van der Waals surface area (Å²) >= 11 is 0. The Morgan fingerprint density at radius 3 is 2.03 bits per heavy atom. The Labute approximate surface area is 172 Å². The zero-order chi connectivity index (χ0) is 22.0. The van der Waals surface area contributed by atoms with Crippen LogP contribution < -0.4 is 0 Å². The number of benzene rings is 1. The Bertz CT molecular complexity index is 759. The number of nitrogens with zero attached hydrogens (tertiary/aromatic N) is 1. The zero-order valence-electron chi connectivity index (χ0n) is 18.3. The van der Waals surface area contributed by atoms with E-state index in [2.05, 4.69) is 0 Å². The molecule has 7 heteroatoms. The first-order valence-electron chi connectivity index (χ1n) is 9.87. The highest BCUT2D eigenvalue weighted by molar-refractivity contribution is 5.91. The first-order valence-corrected chi connectivity index (χ1v) is 9.87. The Morgan fingerprint density at radius 2 is 1.55 bits per heavy atom. The molecule has 160 valence electrons. The third-order valence-electron chi connectivity index (χ3n) is 4.20. The predicted octanol–water partition coefficient (Wildman–Crippen LogP) is 5.02. The first kappa shape index (κ1) is 22.7. The fourth-order valence-corrected chi connectivity index (χ4v) is 3.14. The van der Waals surface area contributed by atoms with Crippen LogP contribution in [0.25, 0.3) is 0 Å². The average Bonchev–Trinajstić information content (AvgIpc) is 2.95. The minimum atomic E-state index is -0.772. The van der Waals surface area contributed by atoms with Crippen molar-refractivity contribution < 1.29 is 28.6 Å². The van der Waals surface area contributed by atoms with Crippen molar-refractivity contribution in [2.75, 3.05) is 6.61 Å². The summed E-state index contributed by atoms with van der Waals surface area (Å²) in [7, 11) is 0. The summed E-state index contributed by atoms with van der Waals surface area (Å²) in [6, 6.07) is 4.64. The maximum atomic E-state index is 12.9. The Morgan fingerprint density at radius 1 is 1.00 bits per heavy atom. The molecule has 2 amide bonds. The van der Waals surface area contributed by atoms with Crippen LogP contribution in [0.2, 0.25) is 0 Å².